The molecule has 20 heavy (non-hydrogen) atoms. The van der Waals surface area contributed by atoms with Crippen molar-refractivity contribution in [2.45, 2.75) is 77.5 Å². The predicted octanol–water partition coefficient (Wildman–Crippen LogP) is 2.97. The monoisotopic (exact) mass is 283 g/mol. The molecule has 3 nitrogen and oxygen atoms in total. The highest BCUT2D eigenvalue weighted by Gasteiger charge is 2.45. The minimum atomic E-state index is -0.210. The maximum Gasteiger partial charge on any atom is 0.0681 e. The zero-order valence-corrected chi connectivity index (χ0v) is 13.7. The van der Waals surface area contributed by atoms with E-state index < -0.39 is 0 Å². The van der Waals surface area contributed by atoms with Crippen molar-refractivity contribution in [2.24, 2.45) is 17.8 Å². The van der Waals surface area contributed by atoms with Crippen molar-refractivity contribution >= 4 is 0 Å². The van der Waals surface area contributed by atoms with E-state index in [1.54, 1.807) is 0 Å². The first-order chi connectivity index (χ1) is 9.45. The Kier molecular flexibility index (Phi) is 5.49. The molecule has 3 atom stereocenters. The molecular formula is C17H33NO2. The van der Waals surface area contributed by atoms with Crippen molar-refractivity contribution in [3.05, 3.63) is 0 Å². The van der Waals surface area contributed by atoms with Crippen molar-refractivity contribution in [1.29, 1.82) is 0 Å². The van der Waals surface area contributed by atoms with Gasteiger partial charge in [0.15, 0.2) is 0 Å². The third-order valence-electron chi connectivity index (χ3n) is 4.93. The van der Waals surface area contributed by atoms with E-state index in [-0.39, 0.29) is 12.1 Å². The lowest BCUT2D eigenvalue weighted by Crippen LogP contribution is -2.57. The molecule has 2 rings (SSSR count). The van der Waals surface area contributed by atoms with Gasteiger partial charge >= 0.3 is 0 Å². The molecule has 2 fully saturated rings. The van der Waals surface area contributed by atoms with E-state index in [0.717, 1.165) is 11.8 Å². The second-order valence-electron chi connectivity index (χ2n) is 7.74. The van der Waals surface area contributed by atoms with Crippen LogP contribution in [0.3, 0.4) is 0 Å². The lowest BCUT2D eigenvalue weighted by molar-refractivity contribution is -0.0488. The van der Waals surface area contributed by atoms with Crippen LogP contribution in [0.25, 0.3) is 0 Å². The highest BCUT2D eigenvalue weighted by atomic mass is 16.5. The third-order valence-corrected chi connectivity index (χ3v) is 4.93. The summed E-state index contributed by atoms with van der Waals surface area (Å²) in [5.41, 5.74) is -0.210. The number of aliphatic hydroxyl groups excluding tert-OH is 1. The maximum absolute atomic E-state index is 9.93. The average Bonchev–Trinajstić information content (AvgIpc) is 3.17. The van der Waals surface area contributed by atoms with Crippen molar-refractivity contribution < 1.29 is 9.84 Å². The number of hydrogen-bond donors (Lipinski definition) is 2. The van der Waals surface area contributed by atoms with Gasteiger partial charge in [-0.15, -0.1) is 0 Å². The Labute approximate surface area is 124 Å². The van der Waals surface area contributed by atoms with Crippen molar-refractivity contribution in [3.8, 4) is 0 Å². The Morgan fingerprint density at radius 1 is 1.15 bits per heavy atom. The standard InChI is InChI=1S/C17H33NO2/c1-12(2)18-17(10-19,15-5-6-15)11-20-16-8-13(3)7-14(4)9-16/h12-16,18-19H,5-11H2,1-4H3. The molecule has 0 spiro atoms. The van der Waals surface area contributed by atoms with Gasteiger partial charge in [-0.05, 0) is 49.9 Å². The lowest BCUT2D eigenvalue weighted by atomic mass is 9.81. The van der Waals surface area contributed by atoms with Gasteiger partial charge in [-0.3, -0.25) is 0 Å². The van der Waals surface area contributed by atoms with Crippen LogP contribution in [0.15, 0.2) is 0 Å². The SMILES string of the molecule is CC1CC(C)CC(OCC(CO)(NC(C)C)C2CC2)C1. The van der Waals surface area contributed by atoms with Crippen LogP contribution < -0.4 is 5.32 Å². The van der Waals surface area contributed by atoms with Gasteiger partial charge in [0, 0.05) is 6.04 Å². The largest absolute Gasteiger partial charge is 0.394 e. The second kappa shape index (κ2) is 6.76. The fourth-order valence-corrected chi connectivity index (χ4v) is 3.98. The molecular weight excluding hydrogens is 250 g/mol. The molecule has 3 heteroatoms. The molecule has 2 aliphatic carbocycles. The Bertz CT molecular complexity index is 293. The topological polar surface area (TPSA) is 41.5 Å². The van der Waals surface area contributed by atoms with Crippen LogP contribution in [0, 0.1) is 17.8 Å². The molecule has 0 aliphatic heterocycles. The number of nitrogens with one attached hydrogen (secondary N) is 1. The Morgan fingerprint density at radius 2 is 1.75 bits per heavy atom. The fourth-order valence-electron chi connectivity index (χ4n) is 3.98. The molecule has 2 N–H and O–H groups in total. The van der Waals surface area contributed by atoms with E-state index in [4.69, 9.17) is 4.74 Å². The molecule has 0 aromatic carbocycles. The Morgan fingerprint density at radius 3 is 2.20 bits per heavy atom. The van der Waals surface area contributed by atoms with Crippen molar-refractivity contribution in [3.63, 3.8) is 0 Å². The molecule has 2 aliphatic rings. The van der Waals surface area contributed by atoms with Crippen LogP contribution in [0.2, 0.25) is 0 Å². The van der Waals surface area contributed by atoms with Gasteiger partial charge in [0.1, 0.15) is 0 Å². The zero-order chi connectivity index (χ0) is 14.8. The van der Waals surface area contributed by atoms with Crippen LogP contribution in [0.4, 0.5) is 0 Å². The quantitative estimate of drug-likeness (QED) is 0.755. The van der Waals surface area contributed by atoms with Gasteiger partial charge in [0.25, 0.3) is 0 Å². The number of hydrogen-bond acceptors (Lipinski definition) is 3. The summed E-state index contributed by atoms with van der Waals surface area (Å²) < 4.78 is 6.26. The summed E-state index contributed by atoms with van der Waals surface area (Å²) >= 11 is 0. The van der Waals surface area contributed by atoms with Crippen LogP contribution >= 0.6 is 0 Å². The Balaban J connectivity index is 1.91. The first-order valence-electron chi connectivity index (χ1n) is 8.45. The molecule has 0 aromatic heterocycles. The van der Waals surface area contributed by atoms with E-state index in [9.17, 15) is 5.11 Å². The molecule has 3 unspecified atom stereocenters. The lowest BCUT2D eigenvalue weighted by Gasteiger charge is -2.38. The van der Waals surface area contributed by atoms with Gasteiger partial charge in [-0.2, -0.15) is 0 Å². The van der Waals surface area contributed by atoms with Gasteiger partial charge in [0.2, 0.25) is 0 Å². The molecule has 0 heterocycles. The van der Waals surface area contributed by atoms with Crippen LogP contribution in [-0.2, 0) is 4.74 Å². The minimum absolute atomic E-state index is 0.188. The number of rotatable bonds is 7. The molecule has 2 saturated carbocycles. The van der Waals surface area contributed by atoms with Gasteiger partial charge in [-0.1, -0.05) is 27.7 Å². The van der Waals surface area contributed by atoms with Crippen LogP contribution in [-0.4, -0.2) is 36.0 Å². The van der Waals surface area contributed by atoms with Gasteiger partial charge < -0.3 is 15.2 Å². The summed E-state index contributed by atoms with van der Waals surface area (Å²) in [6.07, 6.45) is 6.52. The normalized spacial score (nSPS) is 34.2. The van der Waals surface area contributed by atoms with Gasteiger partial charge in [0.05, 0.1) is 24.9 Å². The Hall–Kier alpha value is -0.120. The summed E-state index contributed by atoms with van der Waals surface area (Å²) in [7, 11) is 0. The molecule has 0 bridgehead atoms. The average molecular weight is 283 g/mol. The van der Waals surface area contributed by atoms with E-state index in [0.29, 0.717) is 24.7 Å². The fraction of sp³-hybridized carbons (Fsp3) is 1.00. The van der Waals surface area contributed by atoms with E-state index in [1.165, 1.54) is 32.1 Å². The van der Waals surface area contributed by atoms with Gasteiger partial charge in [-0.25, -0.2) is 0 Å². The summed E-state index contributed by atoms with van der Waals surface area (Å²) in [5, 5.41) is 13.5. The number of ether oxygens (including phenoxy) is 1. The molecule has 0 radical (unpaired) electrons. The molecule has 0 amide bonds. The molecule has 0 aromatic rings. The maximum atomic E-state index is 9.93. The van der Waals surface area contributed by atoms with Crippen LogP contribution in [0.5, 0.6) is 0 Å². The molecule has 0 saturated heterocycles. The van der Waals surface area contributed by atoms with E-state index in [1.807, 2.05) is 0 Å². The minimum Gasteiger partial charge on any atom is -0.394 e. The smallest absolute Gasteiger partial charge is 0.0681 e. The number of aliphatic hydroxyl groups is 1. The zero-order valence-electron chi connectivity index (χ0n) is 13.7. The molecule has 118 valence electrons. The predicted molar refractivity (Wildman–Crippen MR) is 82.7 cm³/mol. The summed E-state index contributed by atoms with van der Waals surface area (Å²) in [5.74, 6) is 2.13. The first-order valence-corrected chi connectivity index (χ1v) is 8.45. The third kappa shape index (κ3) is 4.19. The summed E-state index contributed by atoms with van der Waals surface area (Å²) in [6, 6.07) is 0.385. The summed E-state index contributed by atoms with van der Waals surface area (Å²) in [6.45, 7) is 9.82. The van der Waals surface area contributed by atoms with Crippen molar-refractivity contribution in [1.82, 2.24) is 5.32 Å². The van der Waals surface area contributed by atoms with E-state index >= 15 is 0 Å². The van der Waals surface area contributed by atoms with E-state index in [2.05, 4.69) is 33.0 Å². The van der Waals surface area contributed by atoms with Crippen molar-refractivity contribution in [2.75, 3.05) is 13.2 Å². The summed E-state index contributed by atoms with van der Waals surface area (Å²) in [4.78, 5) is 0. The second-order valence-corrected chi connectivity index (χ2v) is 7.74. The van der Waals surface area contributed by atoms with Crippen LogP contribution in [0.1, 0.15) is 59.8 Å². The first kappa shape index (κ1) is 16.3. The highest BCUT2D eigenvalue weighted by molar-refractivity contribution is 5.02. The highest BCUT2D eigenvalue weighted by Crippen LogP contribution is 2.41.